The van der Waals surface area contributed by atoms with Crippen LogP contribution in [0.15, 0.2) is 35.7 Å². The summed E-state index contributed by atoms with van der Waals surface area (Å²) in [6.07, 6.45) is 3.17. The Morgan fingerprint density at radius 2 is 2.04 bits per heavy atom. The Hall–Kier alpha value is -2.54. The Kier molecular flexibility index (Phi) is 4.04. The Bertz CT molecular complexity index is 975. The molecular weight excluding hydrogens is 358 g/mol. The molecule has 6 nitrogen and oxygen atoms in total. The van der Waals surface area contributed by atoms with Gasteiger partial charge in [-0.15, -0.1) is 21.5 Å². The van der Waals surface area contributed by atoms with Gasteiger partial charge in [0, 0.05) is 24.3 Å². The van der Waals surface area contributed by atoms with Crippen molar-refractivity contribution in [3.05, 3.63) is 63.6 Å². The monoisotopic (exact) mass is 379 g/mol. The summed E-state index contributed by atoms with van der Waals surface area (Å²) in [6, 6.07) is 10.4. The van der Waals surface area contributed by atoms with Gasteiger partial charge in [-0.05, 0) is 25.3 Å². The lowest BCUT2D eigenvalue weighted by Crippen LogP contribution is -2.40. The van der Waals surface area contributed by atoms with Gasteiger partial charge in [0.05, 0.1) is 17.6 Å². The molecule has 1 aliphatic carbocycles. The van der Waals surface area contributed by atoms with Crippen molar-refractivity contribution in [1.29, 1.82) is 0 Å². The molecule has 1 aliphatic heterocycles. The molecule has 5 rings (SSSR count). The summed E-state index contributed by atoms with van der Waals surface area (Å²) in [7, 11) is 0. The standard InChI is InChI=1S/C20H21N5OS/c1-13-10-24(11-17-22-23-19(25(13)17)15-7-8-15)20(26)16-12-27-18(21-16)9-14-5-3-2-4-6-14/h2-6,12-13,15H,7-11H2,1H3/t13-/m0/s1. The minimum absolute atomic E-state index is 0.0142. The first-order valence-corrected chi connectivity index (χ1v) is 10.3. The maximum Gasteiger partial charge on any atom is 0.273 e. The van der Waals surface area contributed by atoms with Crippen LogP contribution in [0.3, 0.4) is 0 Å². The third-order valence-corrected chi connectivity index (χ3v) is 6.10. The average Bonchev–Trinajstić information content (AvgIpc) is 3.26. The smallest absolute Gasteiger partial charge is 0.273 e. The Morgan fingerprint density at radius 1 is 1.22 bits per heavy atom. The highest BCUT2D eigenvalue weighted by atomic mass is 32.1. The van der Waals surface area contributed by atoms with E-state index >= 15 is 0 Å². The van der Waals surface area contributed by atoms with Crippen LogP contribution in [-0.4, -0.2) is 37.1 Å². The van der Waals surface area contributed by atoms with Crippen LogP contribution in [0, 0.1) is 0 Å². The van der Waals surface area contributed by atoms with Crippen molar-refractivity contribution in [2.45, 2.75) is 44.7 Å². The number of benzene rings is 1. The summed E-state index contributed by atoms with van der Waals surface area (Å²) in [6.45, 7) is 3.32. The number of fused-ring (bicyclic) bond motifs is 1. The molecule has 0 radical (unpaired) electrons. The molecule has 0 N–H and O–H groups in total. The van der Waals surface area contributed by atoms with Crippen molar-refractivity contribution in [2.24, 2.45) is 0 Å². The maximum atomic E-state index is 13.0. The quantitative estimate of drug-likeness (QED) is 0.697. The molecule has 1 aromatic carbocycles. The van der Waals surface area contributed by atoms with Gasteiger partial charge in [-0.25, -0.2) is 4.98 Å². The van der Waals surface area contributed by atoms with Gasteiger partial charge in [0.1, 0.15) is 11.5 Å². The number of carbonyl (C=O) groups is 1. The second-order valence-electron chi connectivity index (χ2n) is 7.44. The van der Waals surface area contributed by atoms with E-state index in [2.05, 4.69) is 38.8 Å². The van der Waals surface area contributed by atoms with Gasteiger partial charge in [0.25, 0.3) is 5.91 Å². The minimum Gasteiger partial charge on any atom is -0.328 e. The van der Waals surface area contributed by atoms with Crippen molar-refractivity contribution in [3.8, 4) is 0 Å². The number of carbonyl (C=O) groups excluding carboxylic acids is 1. The van der Waals surface area contributed by atoms with Gasteiger partial charge in [-0.3, -0.25) is 4.79 Å². The normalized spacial score (nSPS) is 19.1. The number of hydrogen-bond acceptors (Lipinski definition) is 5. The molecule has 27 heavy (non-hydrogen) atoms. The highest BCUT2D eigenvalue weighted by Gasteiger charge is 2.36. The SMILES string of the molecule is C[C@H]1CN(C(=O)c2csc(Cc3ccccc3)n2)Cc2nnc(C3CC3)n21. The lowest BCUT2D eigenvalue weighted by atomic mass is 10.2. The first-order chi connectivity index (χ1) is 13.2. The van der Waals surface area contributed by atoms with E-state index in [0.29, 0.717) is 24.7 Å². The summed E-state index contributed by atoms with van der Waals surface area (Å²) in [5, 5.41) is 11.6. The van der Waals surface area contributed by atoms with E-state index in [1.54, 1.807) is 11.3 Å². The van der Waals surface area contributed by atoms with Crippen LogP contribution in [0.5, 0.6) is 0 Å². The van der Waals surface area contributed by atoms with E-state index in [1.165, 1.54) is 18.4 Å². The van der Waals surface area contributed by atoms with Crippen molar-refractivity contribution < 1.29 is 4.79 Å². The third-order valence-electron chi connectivity index (χ3n) is 5.25. The molecule has 0 saturated heterocycles. The first-order valence-electron chi connectivity index (χ1n) is 9.40. The van der Waals surface area contributed by atoms with Crippen molar-refractivity contribution in [1.82, 2.24) is 24.6 Å². The molecule has 0 spiro atoms. The van der Waals surface area contributed by atoms with E-state index in [0.717, 1.165) is 23.1 Å². The minimum atomic E-state index is -0.0142. The zero-order chi connectivity index (χ0) is 18.4. The lowest BCUT2D eigenvalue weighted by molar-refractivity contribution is 0.0674. The topological polar surface area (TPSA) is 63.9 Å². The number of nitrogens with zero attached hydrogens (tertiary/aromatic N) is 5. The van der Waals surface area contributed by atoms with Crippen LogP contribution < -0.4 is 0 Å². The van der Waals surface area contributed by atoms with E-state index in [4.69, 9.17) is 0 Å². The van der Waals surface area contributed by atoms with Gasteiger partial charge in [-0.2, -0.15) is 0 Å². The van der Waals surface area contributed by atoms with E-state index in [9.17, 15) is 4.79 Å². The molecule has 1 amide bonds. The largest absolute Gasteiger partial charge is 0.328 e. The number of hydrogen-bond donors (Lipinski definition) is 0. The van der Waals surface area contributed by atoms with Gasteiger partial charge in [0.15, 0.2) is 5.82 Å². The highest BCUT2D eigenvalue weighted by molar-refractivity contribution is 7.09. The molecule has 1 fully saturated rings. The zero-order valence-corrected chi connectivity index (χ0v) is 16.0. The number of thiazole rings is 1. The second kappa shape index (κ2) is 6.56. The average molecular weight is 379 g/mol. The molecule has 2 aliphatic rings. The fourth-order valence-electron chi connectivity index (χ4n) is 3.76. The van der Waals surface area contributed by atoms with E-state index < -0.39 is 0 Å². The van der Waals surface area contributed by atoms with Crippen LogP contribution in [0.1, 0.15) is 64.4 Å². The zero-order valence-electron chi connectivity index (χ0n) is 15.2. The number of amides is 1. The molecule has 0 unspecified atom stereocenters. The van der Waals surface area contributed by atoms with Crippen LogP contribution in [0.2, 0.25) is 0 Å². The fraction of sp³-hybridized carbons (Fsp3) is 0.400. The van der Waals surface area contributed by atoms with Crippen LogP contribution in [0.25, 0.3) is 0 Å². The lowest BCUT2D eigenvalue weighted by Gasteiger charge is -2.32. The summed E-state index contributed by atoms with van der Waals surface area (Å²) in [5.41, 5.74) is 1.74. The number of aromatic nitrogens is 4. The third kappa shape index (κ3) is 3.16. The molecular formula is C20H21N5OS. The van der Waals surface area contributed by atoms with Crippen LogP contribution in [0.4, 0.5) is 0 Å². The molecule has 0 bridgehead atoms. The predicted molar refractivity (Wildman–Crippen MR) is 103 cm³/mol. The fourth-order valence-corrected chi connectivity index (χ4v) is 4.56. The number of rotatable bonds is 4. The van der Waals surface area contributed by atoms with Gasteiger partial charge in [-0.1, -0.05) is 30.3 Å². The second-order valence-corrected chi connectivity index (χ2v) is 8.38. The van der Waals surface area contributed by atoms with Crippen LogP contribution >= 0.6 is 11.3 Å². The van der Waals surface area contributed by atoms with Gasteiger partial charge >= 0.3 is 0 Å². The van der Waals surface area contributed by atoms with Crippen molar-refractivity contribution >= 4 is 17.2 Å². The van der Waals surface area contributed by atoms with Crippen molar-refractivity contribution in [2.75, 3.05) is 6.54 Å². The summed E-state index contributed by atoms with van der Waals surface area (Å²) < 4.78 is 2.24. The maximum absolute atomic E-state index is 13.0. The Morgan fingerprint density at radius 3 is 2.81 bits per heavy atom. The molecule has 3 aromatic rings. The van der Waals surface area contributed by atoms with Gasteiger partial charge in [0.2, 0.25) is 0 Å². The van der Waals surface area contributed by atoms with E-state index in [1.807, 2.05) is 28.5 Å². The van der Waals surface area contributed by atoms with Crippen molar-refractivity contribution in [3.63, 3.8) is 0 Å². The molecule has 1 atom stereocenters. The molecule has 2 aromatic heterocycles. The Balaban J connectivity index is 1.32. The van der Waals surface area contributed by atoms with Gasteiger partial charge < -0.3 is 9.47 Å². The molecule has 7 heteroatoms. The van der Waals surface area contributed by atoms with E-state index in [-0.39, 0.29) is 11.9 Å². The summed E-state index contributed by atoms with van der Waals surface area (Å²) >= 11 is 1.55. The van der Waals surface area contributed by atoms with Crippen LogP contribution in [-0.2, 0) is 13.0 Å². The first kappa shape index (κ1) is 16.6. The highest BCUT2D eigenvalue weighted by Crippen LogP contribution is 2.41. The summed E-state index contributed by atoms with van der Waals surface area (Å²) in [5.74, 6) is 2.54. The Labute approximate surface area is 161 Å². The molecule has 3 heterocycles. The summed E-state index contributed by atoms with van der Waals surface area (Å²) in [4.78, 5) is 19.4. The predicted octanol–water partition coefficient (Wildman–Crippen LogP) is 3.42. The molecule has 1 saturated carbocycles. The molecule has 138 valence electrons.